The van der Waals surface area contributed by atoms with Gasteiger partial charge in [-0.3, -0.25) is 0 Å². The van der Waals surface area contributed by atoms with E-state index in [-0.39, 0.29) is 0 Å². The SMILES string of the molecule is CN(c1ccc(CNC2CC2)cc1Cl)C1CCC1. The van der Waals surface area contributed by atoms with E-state index >= 15 is 0 Å². The smallest absolute Gasteiger partial charge is 0.0642 e. The maximum Gasteiger partial charge on any atom is 0.0642 e. The molecule has 2 fully saturated rings. The Kier molecular flexibility index (Phi) is 3.49. The topological polar surface area (TPSA) is 15.3 Å². The molecule has 0 amide bonds. The van der Waals surface area contributed by atoms with E-state index in [2.05, 4.69) is 35.5 Å². The zero-order chi connectivity index (χ0) is 12.5. The molecule has 0 radical (unpaired) electrons. The molecule has 0 bridgehead atoms. The van der Waals surface area contributed by atoms with Crippen molar-refractivity contribution in [2.45, 2.75) is 50.7 Å². The third-order valence-electron chi connectivity index (χ3n) is 4.19. The average molecular weight is 265 g/mol. The number of nitrogens with zero attached hydrogens (tertiary/aromatic N) is 1. The van der Waals surface area contributed by atoms with Crippen LogP contribution < -0.4 is 10.2 Å². The van der Waals surface area contributed by atoms with E-state index in [1.165, 1.54) is 43.4 Å². The predicted molar refractivity (Wildman–Crippen MR) is 77.4 cm³/mol. The van der Waals surface area contributed by atoms with Gasteiger partial charge in [0.1, 0.15) is 0 Å². The minimum absolute atomic E-state index is 0.693. The monoisotopic (exact) mass is 264 g/mol. The lowest BCUT2D eigenvalue weighted by Gasteiger charge is -2.36. The van der Waals surface area contributed by atoms with E-state index in [0.717, 1.165) is 17.6 Å². The lowest BCUT2D eigenvalue weighted by Crippen LogP contribution is -2.37. The molecule has 0 heterocycles. The molecule has 2 aliphatic rings. The van der Waals surface area contributed by atoms with Crippen LogP contribution in [0.5, 0.6) is 0 Å². The van der Waals surface area contributed by atoms with Gasteiger partial charge in [0, 0.05) is 25.7 Å². The predicted octanol–water partition coefficient (Wildman–Crippen LogP) is 3.58. The van der Waals surface area contributed by atoms with Gasteiger partial charge in [-0.05, 0) is 49.8 Å². The molecule has 3 heteroatoms. The van der Waals surface area contributed by atoms with E-state index in [9.17, 15) is 0 Å². The van der Waals surface area contributed by atoms with Gasteiger partial charge >= 0.3 is 0 Å². The van der Waals surface area contributed by atoms with Crippen molar-refractivity contribution >= 4 is 17.3 Å². The number of rotatable bonds is 5. The van der Waals surface area contributed by atoms with E-state index in [1.54, 1.807) is 0 Å². The second-order valence-corrected chi connectivity index (χ2v) is 6.04. The highest BCUT2D eigenvalue weighted by molar-refractivity contribution is 6.33. The molecule has 0 aliphatic heterocycles. The molecule has 1 aromatic carbocycles. The van der Waals surface area contributed by atoms with Crippen molar-refractivity contribution in [3.05, 3.63) is 28.8 Å². The molecule has 0 saturated heterocycles. The summed E-state index contributed by atoms with van der Waals surface area (Å²) in [4.78, 5) is 2.34. The lowest BCUT2D eigenvalue weighted by molar-refractivity contribution is 0.401. The highest BCUT2D eigenvalue weighted by Crippen LogP contribution is 2.33. The molecule has 3 rings (SSSR count). The summed E-state index contributed by atoms with van der Waals surface area (Å²) in [5.74, 6) is 0. The third-order valence-corrected chi connectivity index (χ3v) is 4.49. The maximum atomic E-state index is 6.41. The number of anilines is 1. The number of nitrogens with one attached hydrogen (secondary N) is 1. The summed E-state index contributed by atoms with van der Waals surface area (Å²) in [7, 11) is 2.16. The first kappa shape index (κ1) is 12.3. The van der Waals surface area contributed by atoms with Gasteiger partial charge in [0.25, 0.3) is 0 Å². The highest BCUT2D eigenvalue weighted by atomic mass is 35.5. The fourth-order valence-electron chi connectivity index (χ4n) is 2.47. The maximum absolute atomic E-state index is 6.41. The molecular weight excluding hydrogens is 244 g/mol. The summed E-state index contributed by atoms with van der Waals surface area (Å²) < 4.78 is 0. The van der Waals surface area contributed by atoms with Gasteiger partial charge in [0.05, 0.1) is 10.7 Å². The molecule has 0 spiro atoms. The van der Waals surface area contributed by atoms with Gasteiger partial charge in [0.2, 0.25) is 0 Å². The van der Waals surface area contributed by atoms with Crippen molar-refractivity contribution in [2.75, 3.05) is 11.9 Å². The van der Waals surface area contributed by atoms with Gasteiger partial charge in [0.15, 0.2) is 0 Å². The summed E-state index contributed by atoms with van der Waals surface area (Å²) in [6.07, 6.45) is 6.62. The second kappa shape index (κ2) is 5.10. The third kappa shape index (κ3) is 2.65. The average Bonchev–Trinajstić information content (AvgIpc) is 3.07. The second-order valence-electron chi connectivity index (χ2n) is 5.64. The normalized spacial score (nSPS) is 19.7. The molecule has 0 aromatic heterocycles. The number of benzene rings is 1. The van der Waals surface area contributed by atoms with Crippen molar-refractivity contribution < 1.29 is 0 Å². The Morgan fingerprint density at radius 2 is 2.06 bits per heavy atom. The summed E-state index contributed by atoms with van der Waals surface area (Å²) in [6, 6.07) is 7.93. The molecule has 98 valence electrons. The number of hydrogen-bond acceptors (Lipinski definition) is 2. The van der Waals surface area contributed by atoms with Gasteiger partial charge in [-0.2, -0.15) is 0 Å². The van der Waals surface area contributed by atoms with Crippen molar-refractivity contribution in [3.8, 4) is 0 Å². The first-order valence-corrected chi connectivity index (χ1v) is 7.36. The Morgan fingerprint density at radius 3 is 2.61 bits per heavy atom. The summed E-state index contributed by atoms with van der Waals surface area (Å²) in [5.41, 5.74) is 2.47. The summed E-state index contributed by atoms with van der Waals surface area (Å²) in [5, 5.41) is 4.41. The Hall–Kier alpha value is -0.730. The highest BCUT2D eigenvalue weighted by Gasteiger charge is 2.24. The van der Waals surface area contributed by atoms with Crippen LogP contribution >= 0.6 is 11.6 Å². The van der Waals surface area contributed by atoms with Crippen molar-refractivity contribution in [1.82, 2.24) is 5.32 Å². The number of hydrogen-bond donors (Lipinski definition) is 1. The quantitative estimate of drug-likeness (QED) is 0.875. The van der Waals surface area contributed by atoms with Crippen LogP contribution in [-0.4, -0.2) is 19.1 Å². The lowest BCUT2D eigenvalue weighted by atomic mass is 9.91. The minimum Gasteiger partial charge on any atom is -0.370 e. The molecule has 0 unspecified atom stereocenters. The summed E-state index contributed by atoms with van der Waals surface area (Å²) in [6.45, 7) is 0.942. The van der Waals surface area contributed by atoms with Crippen LogP contribution in [0.4, 0.5) is 5.69 Å². The van der Waals surface area contributed by atoms with Gasteiger partial charge in [-0.15, -0.1) is 0 Å². The number of halogens is 1. The molecular formula is C15H21ClN2. The Balaban J connectivity index is 1.66. The standard InChI is InChI=1S/C15H21ClN2/c1-18(13-3-2-4-13)15-8-5-11(9-14(15)16)10-17-12-6-7-12/h5,8-9,12-13,17H,2-4,6-7,10H2,1H3. The van der Waals surface area contributed by atoms with Crippen LogP contribution in [-0.2, 0) is 6.54 Å². The van der Waals surface area contributed by atoms with Crippen LogP contribution in [0.25, 0.3) is 0 Å². The summed E-state index contributed by atoms with van der Waals surface area (Å²) >= 11 is 6.41. The van der Waals surface area contributed by atoms with Gasteiger partial charge < -0.3 is 10.2 Å². The van der Waals surface area contributed by atoms with E-state index in [1.807, 2.05) is 0 Å². The van der Waals surface area contributed by atoms with Crippen molar-refractivity contribution in [3.63, 3.8) is 0 Å². The van der Waals surface area contributed by atoms with E-state index in [0.29, 0.717) is 6.04 Å². The van der Waals surface area contributed by atoms with Crippen LogP contribution in [0, 0.1) is 0 Å². The van der Waals surface area contributed by atoms with Crippen molar-refractivity contribution in [1.29, 1.82) is 0 Å². The fraction of sp³-hybridized carbons (Fsp3) is 0.600. The molecule has 0 atom stereocenters. The molecule has 1 aromatic rings. The minimum atomic E-state index is 0.693. The van der Waals surface area contributed by atoms with Crippen LogP contribution in [0.2, 0.25) is 5.02 Å². The Bertz CT molecular complexity index is 425. The molecule has 2 aliphatic carbocycles. The zero-order valence-corrected chi connectivity index (χ0v) is 11.7. The fourth-order valence-corrected chi connectivity index (χ4v) is 2.80. The zero-order valence-electron chi connectivity index (χ0n) is 11.0. The molecule has 18 heavy (non-hydrogen) atoms. The van der Waals surface area contributed by atoms with Crippen LogP contribution in [0.1, 0.15) is 37.7 Å². The molecule has 2 saturated carbocycles. The van der Waals surface area contributed by atoms with Crippen LogP contribution in [0.15, 0.2) is 18.2 Å². The molecule has 2 nitrogen and oxygen atoms in total. The van der Waals surface area contributed by atoms with E-state index in [4.69, 9.17) is 11.6 Å². The van der Waals surface area contributed by atoms with Crippen LogP contribution in [0.3, 0.4) is 0 Å². The Morgan fingerprint density at radius 1 is 1.28 bits per heavy atom. The first-order valence-electron chi connectivity index (χ1n) is 6.98. The van der Waals surface area contributed by atoms with Crippen molar-refractivity contribution in [2.24, 2.45) is 0 Å². The largest absolute Gasteiger partial charge is 0.370 e. The van der Waals surface area contributed by atoms with Gasteiger partial charge in [-0.1, -0.05) is 17.7 Å². The van der Waals surface area contributed by atoms with Gasteiger partial charge in [-0.25, -0.2) is 0 Å². The first-order chi connectivity index (χ1) is 8.74. The Labute approximate surface area is 114 Å². The van der Waals surface area contributed by atoms with E-state index < -0.39 is 0 Å². The molecule has 1 N–H and O–H groups in total.